The molecule has 3 saturated heterocycles. The fraction of sp³-hybridized carbons (Fsp3) is 0.625. The van der Waals surface area contributed by atoms with Gasteiger partial charge in [-0.15, -0.1) is 0 Å². The van der Waals surface area contributed by atoms with Crippen molar-refractivity contribution in [2.24, 2.45) is 0 Å². The zero-order valence-corrected chi connectivity index (χ0v) is 13.5. The third-order valence-electron chi connectivity index (χ3n) is 5.38. The zero-order chi connectivity index (χ0) is 15.4. The Balaban J connectivity index is 1.67. The van der Waals surface area contributed by atoms with Gasteiger partial charge in [0.2, 0.25) is 0 Å². The van der Waals surface area contributed by atoms with E-state index in [4.69, 9.17) is 9.47 Å². The third kappa shape index (κ3) is 2.12. The second kappa shape index (κ2) is 5.03. The van der Waals surface area contributed by atoms with Crippen LogP contribution < -0.4 is 0 Å². The minimum atomic E-state index is -3.32. The summed E-state index contributed by atoms with van der Waals surface area (Å²) in [6, 6.07) is 8.95. The fourth-order valence-corrected chi connectivity index (χ4v) is 6.30. The van der Waals surface area contributed by atoms with Crippen molar-refractivity contribution in [2.45, 2.75) is 47.3 Å². The van der Waals surface area contributed by atoms with E-state index in [-0.39, 0.29) is 17.3 Å². The first-order chi connectivity index (χ1) is 10.5. The highest BCUT2D eigenvalue weighted by atomic mass is 32.2. The predicted molar refractivity (Wildman–Crippen MR) is 81.2 cm³/mol. The number of sulfone groups is 1. The summed E-state index contributed by atoms with van der Waals surface area (Å²) >= 11 is 0. The van der Waals surface area contributed by atoms with Crippen molar-refractivity contribution < 1.29 is 17.9 Å². The predicted octanol–water partition coefficient (Wildman–Crippen LogP) is 1.44. The van der Waals surface area contributed by atoms with Gasteiger partial charge in [0.15, 0.2) is 15.6 Å². The van der Waals surface area contributed by atoms with E-state index < -0.39 is 15.6 Å². The van der Waals surface area contributed by atoms with Crippen LogP contribution in [0, 0.1) is 0 Å². The van der Waals surface area contributed by atoms with Crippen molar-refractivity contribution in [1.29, 1.82) is 0 Å². The SMILES string of the molecule is CN1[C@@H]2C[C@H](S(=O)(=O)c3ccccc3)[C@H]1CC1(C2)OCCO1. The molecule has 3 atom stereocenters. The highest BCUT2D eigenvalue weighted by molar-refractivity contribution is 7.92. The molecule has 0 aromatic heterocycles. The molecule has 1 aromatic carbocycles. The zero-order valence-electron chi connectivity index (χ0n) is 12.6. The normalized spacial score (nSPS) is 34.3. The number of fused-ring (bicyclic) bond motifs is 2. The van der Waals surface area contributed by atoms with E-state index >= 15 is 0 Å². The average Bonchev–Trinajstić information content (AvgIpc) is 3.02. The van der Waals surface area contributed by atoms with Gasteiger partial charge in [-0.3, -0.25) is 4.90 Å². The van der Waals surface area contributed by atoms with Gasteiger partial charge >= 0.3 is 0 Å². The van der Waals surface area contributed by atoms with Crippen LogP contribution in [0.25, 0.3) is 0 Å². The van der Waals surface area contributed by atoms with Gasteiger partial charge in [-0.05, 0) is 25.6 Å². The highest BCUT2D eigenvalue weighted by Crippen LogP contribution is 2.46. The highest BCUT2D eigenvalue weighted by Gasteiger charge is 2.57. The van der Waals surface area contributed by atoms with E-state index in [1.807, 2.05) is 13.1 Å². The maximum Gasteiger partial charge on any atom is 0.182 e. The lowest BCUT2D eigenvalue weighted by Gasteiger charge is -2.41. The number of hydrogen-bond acceptors (Lipinski definition) is 5. The van der Waals surface area contributed by atoms with Crippen LogP contribution in [0.3, 0.4) is 0 Å². The molecule has 0 aliphatic carbocycles. The minimum Gasteiger partial charge on any atom is -0.347 e. The lowest BCUT2D eigenvalue weighted by Crippen LogP contribution is -2.52. The number of hydrogen-bond donors (Lipinski definition) is 0. The summed E-state index contributed by atoms with van der Waals surface area (Å²) < 4.78 is 37.7. The molecule has 1 spiro atoms. The molecule has 0 saturated carbocycles. The van der Waals surface area contributed by atoms with Crippen molar-refractivity contribution in [2.75, 3.05) is 20.3 Å². The first-order valence-electron chi connectivity index (χ1n) is 7.81. The lowest BCUT2D eigenvalue weighted by atomic mass is 9.97. The standard InChI is InChI=1S/C16H21NO4S/c1-17-12-9-15(22(18,19)13-5-3-2-4-6-13)14(17)11-16(10-12)20-7-8-21-16/h2-6,12,14-15H,7-11H2,1H3/t12-,14-,15+/m1/s1. The molecule has 3 aliphatic rings. The average molecular weight is 323 g/mol. The molecule has 3 fully saturated rings. The van der Waals surface area contributed by atoms with Crippen molar-refractivity contribution in [1.82, 2.24) is 4.90 Å². The van der Waals surface area contributed by atoms with E-state index in [1.165, 1.54) is 0 Å². The molecule has 5 nitrogen and oxygen atoms in total. The Hall–Kier alpha value is -0.950. The molecule has 0 amide bonds. The molecule has 4 rings (SSSR count). The first-order valence-corrected chi connectivity index (χ1v) is 9.35. The summed E-state index contributed by atoms with van der Waals surface area (Å²) in [7, 11) is -1.30. The topological polar surface area (TPSA) is 55.8 Å². The van der Waals surface area contributed by atoms with Gasteiger partial charge in [-0.1, -0.05) is 18.2 Å². The monoisotopic (exact) mass is 323 g/mol. The molecule has 3 heterocycles. The van der Waals surface area contributed by atoms with Gasteiger partial charge in [0.25, 0.3) is 0 Å². The third-order valence-corrected chi connectivity index (χ3v) is 7.62. The van der Waals surface area contributed by atoms with E-state index in [1.54, 1.807) is 24.3 Å². The Bertz CT molecular complexity index is 654. The van der Waals surface area contributed by atoms with Crippen molar-refractivity contribution in [3.8, 4) is 0 Å². The molecule has 1 aromatic rings. The number of nitrogens with zero attached hydrogens (tertiary/aromatic N) is 1. The molecule has 3 aliphatic heterocycles. The maximum atomic E-state index is 13.0. The first kappa shape index (κ1) is 14.6. The van der Waals surface area contributed by atoms with E-state index in [9.17, 15) is 8.42 Å². The smallest absolute Gasteiger partial charge is 0.182 e. The van der Waals surface area contributed by atoms with Crippen LogP contribution in [0.2, 0.25) is 0 Å². The summed E-state index contributed by atoms with van der Waals surface area (Å²) in [6.07, 6.45) is 2.06. The Morgan fingerprint density at radius 2 is 1.82 bits per heavy atom. The van der Waals surface area contributed by atoms with Gasteiger partial charge in [0.1, 0.15) is 0 Å². The summed E-state index contributed by atoms with van der Waals surface area (Å²) in [5.41, 5.74) is 0. The summed E-state index contributed by atoms with van der Waals surface area (Å²) in [5, 5.41) is -0.378. The van der Waals surface area contributed by atoms with Crippen LogP contribution >= 0.6 is 0 Å². The van der Waals surface area contributed by atoms with E-state index in [0.717, 1.165) is 6.42 Å². The molecule has 6 heteroatoms. The maximum absolute atomic E-state index is 13.0. The Kier molecular flexibility index (Phi) is 3.34. The van der Waals surface area contributed by atoms with Crippen LogP contribution in [0.15, 0.2) is 35.2 Å². The van der Waals surface area contributed by atoms with Gasteiger partial charge in [0.05, 0.1) is 23.4 Å². The Morgan fingerprint density at radius 1 is 1.14 bits per heavy atom. The van der Waals surface area contributed by atoms with Crippen LogP contribution in [-0.2, 0) is 19.3 Å². The number of benzene rings is 1. The molecular formula is C16H21NO4S. The quantitative estimate of drug-likeness (QED) is 0.824. The molecule has 22 heavy (non-hydrogen) atoms. The van der Waals surface area contributed by atoms with Crippen LogP contribution in [0.1, 0.15) is 19.3 Å². The van der Waals surface area contributed by atoms with Crippen molar-refractivity contribution in [3.63, 3.8) is 0 Å². The van der Waals surface area contributed by atoms with Crippen LogP contribution in [-0.4, -0.2) is 56.7 Å². The lowest BCUT2D eigenvalue weighted by molar-refractivity contribution is -0.196. The Labute approximate surface area is 131 Å². The molecule has 0 unspecified atom stereocenters. The van der Waals surface area contributed by atoms with Gasteiger partial charge in [-0.25, -0.2) is 8.42 Å². The fourth-order valence-electron chi connectivity index (χ4n) is 4.24. The summed E-state index contributed by atoms with van der Waals surface area (Å²) in [5.74, 6) is -0.553. The van der Waals surface area contributed by atoms with E-state index in [2.05, 4.69) is 4.90 Å². The molecule has 120 valence electrons. The summed E-state index contributed by atoms with van der Waals surface area (Å²) in [6.45, 7) is 1.22. The summed E-state index contributed by atoms with van der Waals surface area (Å²) in [4.78, 5) is 2.63. The van der Waals surface area contributed by atoms with Gasteiger partial charge < -0.3 is 9.47 Å². The van der Waals surface area contributed by atoms with Crippen LogP contribution in [0.5, 0.6) is 0 Å². The number of piperidine rings is 1. The largest absolute Gasteiger partial charge is 0.347 e. The second-order valence-electron chi connectivity index (χ2n) is 6.53. The van der Waals surface area contributed by atoms with Crippen molar-refractivity contribution >= 4 is 9.84 Å². The molecule has 2 bridgehead atoms. The van der Waals surface area contributed by atoms with Gasteiger partial charge in [0, 0.05) is 24.9 Å². The Morgan fingerprint density at radius 3 is 2.50 bits per heavy atom. The molecular weight excluding hydrogens is 302 g/mol. The van der Waals surface area contributed by atoms with E-state index in [0.29, 0.717) is 31.0 Å². The number of ether oxygens (including phenoxy) is 2. The van der Waals surface area contributed by atoms with Gasteiger partial charge in [-0.2, -0.15) is 0 Å². The minimum absolute atomic E-state index is 0.0398. The number of rotatable bonds is 2. The second-order valence-corrected chi connectivity index (χ2v) is 8.70. The molecule has 0 N–H and O–H groups in total. The van der Waals surface area contributed by atoms with Crippen LogP contribution in [0.4, 0.5) is 0 Å². The van der Waals surface area contributed by atoms with Crippen molar-refractivity contribution in [3.05, 3.63) is 30.3 Å². The molecule has 0 radical (unpaired) electrons.